The Bertz CT molecular complexity index is 326. The van der Waals surface area contributed by atoms with E-state index in [9.17, 15) is 14.4 Å². The van der Waals surface area contributed by atoms with Crippen molar-refractivity contribution in [2.24, 2.45) is 0 Å². The summed E-state index contributed by atoms with van der Waals surface area (Å²) in [5, 5.41) is 0. The van der Waals surface area contributed by atoms with E-state index < -0.39 is 29.4 Å². The number of hydrogen-bond donors (Lipinski definition) is 0. The minimum Gasteiger partial charge on any atom is -0.457 e. The molecule has 96 valence electrons. The van der Waals surface area contributed by atoms with Crippen molar-refractivity contribution in [1.29, 1.82) is 0 Å². The molecular weight excluding hydrogens is 224 g/mol. The number of ether oxygens (including phenoxy) is 2. The van der Waals surface area contributed by atoms with Crippen molar-refractivity contribution >= 4 is 17.7 Å². The molecule has 1 aliphatic rings. The van der Waals surface area contributed by atoms with Gasteiger partial charge in [0.15, 0.2) is 6.10 Å². The third kappa shape index (κ3) is 4.54. The Morgan fingerprint density at radius 2 is 1.94 bits per heavy atom. The van der Waals surface area contributed by atoms with Crippen LogP contribution in [0.4, 0.5) is 0 Å². The zero-order valence-corrected chi connectivity index (χ0v) is 10.4. The van der Waals surface area contributed by atoms with Crippen molar-refractivity contribution in [1.82, 2.24) is 0 Å². The number of hydrogen-bond acceptors (Lipinski definition) is 5. The molecule has 1 atom stereocenters. The van der Waals surface area contributed by atoms with E-state index in [1.165, 1.54) is 0 Å². The predicted molar refractivity (Wildman–Crippen MR) is 59.2 cm³/mol. The molecule has 17 heavy (non-hydrogen) atoms. The lowest BCUT2D eigenvalue weighted by atomic mass is 10.1. The summed E-state index contributed by atoms with van der Waals surface area (Å²) in [4.78, 5) is 34.2. The molecule has 0 spiro atoms. The van der Waals surface area contributed by atoms with Crippen LogP contribution in [0.3, 0.4) is 0 Å². The highest BCUT2D eigenvalue weighted by Crippen LogP contribution is 2.17. The molecule has 0 aromatic carbocycles. The highest BCUT2D eigenvalue weighted by molar-refractivity contribution is 6.33. The summed E-state index contributed by atoms with van der Waals surface area (Å²) in [5.74, 6) is -2.08. The lowest BCUT2D eigenvalue weighted by Gasteiger charge is -2.24. The molecule has 0 aromatic heterocycles. The molecule has 1 fully saturated rings. The van der Waals surface area contributed by atoms with Crippen LogP contribution in [0.15, 0.2) is 0 Å². The van der Waals surface area contributed by atoms with Gasteiger partial charge in [0, 0.05) is 6.42 Å². The number of rotatable bonds is 1. The Labute approximate surface area is 100 Å². The van der Waals surface area contributed by atoms with Crippen LogP contribution in [0.25, 0.3) is 0 Å². The molecule has 1 rings (SSSR count). The van der Waals surface area contributed by atoms with E-state index in [1.54, 1.807) is 20.8 Å². The second-order valence-corrected chi connectivity index (χ2v) is 5.10. The molecule has 1 saturated heterocycles. The molecule has 0 aromatic rings. The van der Waals surface area contributed by atoms with Crippen molar-refractivity contribution in [2.45, 2.75) is 58.2 Å². The summed E-state index contributed by atoms with van der Waals surface area (Å²) in [6.07, 6.45) is 0.926. The number of cyclic esters (lactones) is 1. The third-order valence-corrected chi connectivity index (χ3v) is 2.27. The summed E-state index contributed by atoms with van der Waals surface area (Å²) in [6.45, 7) is 5.21. The van der Waals surface area contributed by atoms with Gasteiger partial charge in [-0.15, -0.1) is 0 Å². The largest absolute Gasteiger partial charge is 0.457 e. The quantitative estimate of drug-likeness (QED) is 0.513. The lowest BCUT2D eigenvalue weighted by Crippen LogP contribution is -2.37. The van der Waals surface area contributed by atoms with Crippen molar-refractivity contribution in [2.75, 3.05) is 0 Å². The summed E-state index contributed by atoms with van der Waals surface area (Å²) >= 11 is 0. The second-order valence-electron chi connectivity index (χ2n) is 5.10. The Morgan fingerprint density at radius 3 is 2.53 bits per heavy atom. The highest BCUT2D eigenvalue weighted by atomic mass is 16.6. The molecular formula is C12H18O5. The zero-order chi connectivity index (χ0) is 13.1. The molecule has 0 aliphatic carbocycles. The monoisotopic (exact) mass is 242 g/mol. The smallest absolute Gasteiger partial charge is 0.375 e. The molecule has 0 N–H and O–H groups in total. The Hall–Kier alpha value is -1.39. The zero-order valence-electron chi connectivity index (χ0n) is 10.4. The minimum absolute atomic E-state index is 0.194. The van der Waals surface area contributed by atoms with Crippen LogP contribution < -0.4 is 0 Å². The number of Topliss-reactive ketones (excluding diaryl/α,β-unsaturated/α-hetero) is 1. The van der Waals surface area contributed by atoms with Gasteiger partial charge in [0.05, 0.1) is 0 Å². The maximum atomic E-state index is 11.7. The fourth-order valence-corrected chi connectivity index (χ4v) is 1.50. The highest BCUT2D eigenvalue weighted by Gasteiger charge is 2.31. The Balaban J connectivity index is 2.65. The first-order chi connectivity index (χ1) is 7.79. The molecule has 0 bridgehead atoms. The molecule has 1 aliphatic heterocycles. The van der Waals surface area contributed by atoms with Gasteiger partial charge in [0.1, 0.15) is 5.60 Å². The normalized spacial score (nSPS) is 22.4. The number of esters is 2. The second kappa shape index (κ2) is 5.29. The number of carbonyl (C=O) groups is 3. The van der Waals surface area contributed by atoms with E-state index in [0.29, 0.717) is 19.3 Å². The van der Waals surface area contributed by atoms with Gasteiger partial charge in [-0.3, -0.25) is 4.79 Å². The number of carbonyl (C=O) groups excluding carboxylic acids is 3. The van der Waals surface area contributed by atoms with E-state index in [4.69, 9.17) is 9.47 Å². The van der Waals surface area contributed by atoms with E-state index in [1.807, 2.05) is 0 Å². The fourth-order valence-electron chi connectivity index (χ4n) is 1.50. The first-order valence-electron chi connectivity index (χ1n) is 5.76. The molecule has 5 heteroatoms. The SMILES string of the molecule is CC(C)(C)OC(=O)C1CCCCC(=O)C(=O)O1. The van der Waals surface area contributed by atoms with Gasteiger partial charge in [0.25, 0.3) is 0 Å². The van der Waals surface area contributed by atoms with Crippen LogP contribution in [0.2, 0.25) is 0 Å². The molecule has 5 nitrogen and oxygen atoms in total. The van der Waals surface area contributed by atoms with Gasteiger partial charge in [0.2, 0.25) is 5.78 Å². The molecule has 1 heterocycles. The summed E-state index contributed by atoms with van der Waals surface area (Å²) in [7, 11) is 0. The van der Waals surface area contributed by atoms with Crippen LogP contribution in [-0.2, 0) is 23.9 Å². The topological polar surface area (TPSA) is 69.7 Å². The van der Waals surface area contributed by atoms with E-state index in [2.05, 4.69) is 0 Å². The van der Waals surface area contributed by atoms with E-state index >= 15 is 0 Å². The number of ketones is 1. The Morgan fingerprint density at radius 1 is 1.29 bits per heavy atom. The van der Waals surface area contributed by atoms with Crippen LogP contribution in [0, 0.1) is 0 Å². The van der Waals surface area contributed by atoms with Gasteiger partial charge in [-0.1, -0.05) is 0 Å². The third-order valence-electron chi connectivity index (χ3n) is 2.27. The molecule has 0 saturated carbocycles. The van der Waals surface area contributed by atoms with Crippen molar-refractivity contribution in [3.05, 3.63) is 0 Å². The molecule has 1 unspecified atom stereocenters. The van der Waals surface area contributed by atoms with Crippen molar-refractivity contribution in [3.8, 4) is 0 Å². The maximum Gasteiger partial charge on any atom is 0.375 e. The van der Waals surface area contributed by atoms with Crippen molar-refractivity contribution < 1.29 is 23.9 Å². The first-order valence-corrected chi connectivity index (χ1v) is 5.76. The minimum atomic E-state index is -0.953. The summed E-state index contributed by atoms with van der Waals surface area (Å²) < 4.78 is 9.98. The average Bonchev–Trinajstić information content (AvgIpc) is 2.16. The van der Waals surface area contributed by atoms with Crippen LogP contribution in [0.1, 0.15) is 46.5 Å². The van der Waals surface area contributed by atoms with Crippen LogP contribution >= 0.6 is 0 Å². The van der Waals surface area contributed by atoms with Gasteiger partial charge >= 0.3 is 11.9 Å². The summed E-state index contributed by atoms with van der Waals surface area (Å²) in [6, 6.07) is 0. The first kappa shape index (κ1) is 13.7. The predicted octanol–water partition coefficient (Wildman–Crippen LogP) is 1.38. The van der Waals surface area contributed by atoms with Gasteiger partial charge in [-0.2, -0.15) is 0 Å². The summed E-state index contributed by atoms with van der Waals surface area (Å²) in [5.41, 5.74) is -0.629. The van der Waals surface area contributed by atoms with E-state index in [-0.39, 0.29) is 6.42 Å². The van der Waals surface area contributed by atoms with Crippen LogP contribution in [-0.4, -0.2) is 29.4 Å². The molecule has 0 radical (unpaired) electrons. The van der Waals surface area contributed by atoms with Gasteiger partial charge in [-0.25, -0.2) is 9.59 Å². The maximum absolute atomic E-state index is 11.7. The average molecular weight is 242 g/mol. The van der Waals surface area contributed by atoms with Gasteiger partial charge < -0.3 is 9.47 Å². The lowest BCUT2D eigenvalue weighted by molar-refractivity contribution is -0.178. The fraction of sp³-hybridized carbons (Fsp3) is 0.750. The van der Waals surface area contributed by atoms with Crippen molar-refractivity contribution in [3.63, 3.8) is 0 Å². The molecule has 0 amide bonds. The van der Waals surface area contributed by atoms with Crippen LogP contribution in [0.5, 0.6) is 0 Å². The standard InChI is InChI=1S/C12H18O5/c1-12(2,3)17-11(15)9-7-5-4-6-8(13)10(14)16-9/h9H,4-7H2,1-3H3. The Kier molecular flexibility index (Phi) is 4.26. The van der Waals surface area contributed by atoms with Gasteiger partial charge in [-0.05, 0) is 40.0 Å². The van der Waals surface area contributed by atoms with E-state index in [0.717, 1.165) is 0 Å².